The van der Waals surface area contributed by atoms with E-state index in [1.807, 2.05) is 19.1 Å². The summed E-state index contributed by atoms with van der Waals surface area (Å²) in [4.78, 5) is 11.7. The predicted molar refractivity (Wildman–Crippen MR) is 111 cm³/mol. The van der Waals surface area contributed by atoms with Crippen LogP contribution in [0, 0.1) is 12.7 Å². The third-order valence-corrected chi connectivity index (χ3v) is 5.15. The van der Waals surface area contributed by atoms with Crippen molar-refractivity contribution in [3.8, 4) is 5.75 Å². The first kappa shape index (κ1) is 20.6. The second kappa shape index (κ2) is 8.49. The van der Waals surface area contributed by atoms with Gasteiger partial charge < -0.3 is 14.9 Å². The molecule has 3 rings (SSSR count). The molecule has 0 aliphatic carbocycles. The minimum Gasteiger partial charge on any atom is -0.505 e. The van der Waals surface area contributed by atoms with Crippen molar-refractivity contribution in [2.24, 2.45) is 12.2 Å². The van der Waals surface area contributed by atoms with E-state index in [1.165, 1.54) is 22.8 Å². The predicted octanol–water partition coefficient (Wildman–Crippen LogP) is 4.59. The quantitative estimate of drug-likeness (QED) is 0.364. The molecule has 0 amide bonds. The number of oxime groups is 1. The Labute approximate surface area is 172 Å². The summed E-state index contributed by atoms with van der Waals surface area (Å²) in [7, 11) is 1.61. The van der Waals surface area contributed by atoms with E-state index < -0.39 is 11.6 Å². The molecule has 5 nitrogen and oxygen atoms in total. The number of hydrogen-bond acceptors (Lipinski definition) is 4. The van der Waals surface area contributed by atoms with E-state index in [1.54, 1.807) is 31.4 Å². The lowest BCUT2D eigenvalue weighted by atomic mass is 9.83. The molecule has 0 fully saturated rings. The molecule has 1 atom stereocenters. The SMILES string of the molecule is Cc1cc(Cl)ccc1C(C/C(=N/O)c1ccc(=O)n(C)c1)c1ccc(O)c(F)c1. The van der Waals surface area contributed by atoms with Crippen molar-refractivity contribution in [3.05, 3.63) is 98.2 Å². The average Bonchev–Trinajstić information content (AvgIpc) is 2.68. The Kier molecular flexibility index (Phi) is 6.03. The van der Waals surface area contributed by atoms with E-state index in [4.69, 9.17) is 11.6 Å². The van der Waals surface area contributed by atoms with Gasteiger partial charge in [-0.3, -0.25) is 4.79 Å². The van der Waals surface area contributed by atoms with Crippen LogP contribution in [0.3, 0.4) is 0 Å². The van der Waals surface area contributed by atoms with Gasteiger partial charge >= 0.3 is 0 Å². The van der Waals surface area contributed by atoms with Gasteiger partial charge in [-0.25, -0.2) is 4.39 Å². The summed E-state index contributed by atoms with van der Waals surface area (Å²) >= 11 is 6.09. The number of aromatic hydroxyl groups is 1. The molecular formula is C22H20ClFN2O3. The van der Waals surface area contributed by atoms with Crippen LogP contribution >= 0.6 is 11.6 Å². The van der Waals surface area contributed by atoms with Gasteiger partial charge in [-0.15, -0.1) is 0 Å². The molecule has 0 saturated heterocycles. The zero-order chi connectivity index (χ0) is 21.1. The van der Waals surface area contributed by atoms with Crippen LogP contribution in [0.1, 0.15) is 34.6 Å². The maximum absolute atomic E-state index is 14.1. The van der Waals surface area contributed by atoms with E-state index >= 15 is 0 Å². The third-order valence-electron chi connectivity index (χ3n) is 4.92. The first-order chi connectivity index (χ1) is 13.8. The van der Waals surface area contributed by atoms with Crippen LogP contribution in [-0.2, 0) is 7.05 Å². The molecular weight excluding hydrogens is 395 g/mol. The number of phenols is 1. The fourth-order valence-electron chi connectivity index (χ4n) is 3.35. The lowest BCUT2D eigenvalue weighted by Gasteiger charge is -2.21. The Morgan fingerprint density at radius 2 is 1.97 bits per heavy atom. The lowest BCUT2D eigenvalue weighted by molar-refractivity contribution is 0.317. The van der Waals surface area contributed by atoms with E-state index in [0.717, 1.165) is 11.1 Å². The zero-order valence-electron chi connectivity index (χ0n) is 15.9. The van der Waals surface area contributed by atoms with Crippen molar-refractivity contribution < 1.29 is 14.7 Å². The van der Waals surface area contributed by atoms with Crippen molar-refractivity contribution in [2.45, 2.75) is 19.3 Å². The van der Waals surface area contributed by atoms with Gasteiger partial charge in [-0.05, 0) is 53.9 Å². The standard InChI is InChI=1S/C22H20ClFN2O3/c1-13-9-16(23)5-6-17(13)18(14-3-7-21(27)19(24)10-14)11-20(25-29)15-4-8-22(28)26(2)12-15/h3-10,12,18,27,29H,11H2,1-2H3/b25-20-. The van der Waals surface area contributed by atoms with Gasteiger partial charge in [0.2, 0.25) is 5.56 Å². The third kappa shape index (κ3) is 4.49. The molecule has 3 aromatic rings. The molecule has 0 radical (unpaired) electrons. The number of halogens is 2. The number of pyridine rings is 1. The van der Waals surface area contributed by atoms with Crippen LogP contribution in [0.15, 0.2) is 64.7 Å². The molecule has 0 aliphatic heterocycles. The first-order valence-electron chi connectivity index (χ1n) is 8.92. The Morgan fingerprint density at radius 3 is 2.59 bits per heavy atom. The summed E-state index contributed by atoms with van der Waals surface area (Å²) in [6.45, 7) is 1.90. The number of nitrogens with zero attached hydrogens (tertiary/aromatic N) is 2. The summed E-state index contributed by atoms with van der Waals surface area (Å²) in [5, 5.41) is 23.2. The Morgan fingerprint density at radius 1 is 1.21 bits per heavy atom. The molecule has 2 N–H and O–H groups in total. The molecule has 29 heavy (non-hydrogen) atoms. The fourth-order valence-corrected chi connectivity index (χ4v) is 3.58. The van der Waals surface area contributed by atoms with Crippen molar-refractivity contribution in [1.82, 2.24) is 4.57 Å². The highest BCUT2D eigenvalue weighted by atomic mass is 35.5. The summed E-state index contributed by atoms with van der Waals surface area (Å²) in [5.74, 6) is -1.54. The second-order valence-electron chi connectivity index (χ2n) is 6.88. The minimum atomic E-state index is -0.733. The highest BCUT2D eigenvalue weighted by Gasteiger charge is 2.22. The molecule has 0 bridgehead atoms. The van der Waals surface area contributed by atoms with Gasteiger partial charge in [0.05, 0.1) is 5.71 Å². The van der Waals surface area contributed by atoms with E-state index in [2.05, 4.69) is 5.16 Å². The van der Waals surface area contributed by atoms with Crippen molar-refractivity contribution in [1.29, 1.82) is 0 Å². The highest BCUT2D eigenvalue weighted by Crippen LogP contribution is 2.34. The second-order valence-corrected chi connectivity index (χ2v) is 7.32. The van der Waals surface area contributed by atoms with Crippen molar-refractivity contribution >= 4 is 17.3 Å². The molecule has 7 heteroatoms. The topological polar surface area (TPSA) is 74.8 Å². The van der Waals surface area contributed by atoms with Crippen LogP contribution in [0.5, 0.6) is 5.75 Å². The molecule has 1 unspecified atom stereocenters. The minimum absolute atomic E-state index is 0.184. The Hall–Kier alpha value is -3.12. The monoisotopic (exact) mass is 414 g/mol. The van der Waals surface area contributed by atoms with Gasteiger partial charge in [-0.1, -0.05) is 28.9 Å². The smallest absolute Gasteiger partial charge is 0.250 e. The summed E-state index contributed by atoms with van der Waals surface area (Å²) in [5.41, 5.74) is 3.12. The van der Waals surface area contributed by atoms with Crippen LogP contribution < -0.4 is 5.56 Å². The van der Waals surface area contributed by atoms with E-state index in [0.29, 0.717) is 21.9 Å². The number of aromatic nitrogens is 1. The number of aryl methyl sites for hydroxylation is 2. The van der Waals surface area contributed by atoms with Gasteiger partial charge in [0.25, 0.3) is 0 Å². The Balaban J connectivity index is 2.10. The van der Waals surface area contributed by atoms with E-state index in [9.17, 15) is 19.5 Å². The summed E-state index contributed by atoms with van der Waals surface area (Å²) < 4.78 is 15.5. The lowest BCUT2D eigenvalue weighted by Crippen LogP contribution is -2.18. The van der Waals surface area contributed by atoms with Crippen LogP contribution in [0.2, 0.25) is 5.02 Å². The molecule has 0 saturated carbocycles. The number of benzene rings is 2. The molecule has 150 valence electrons. The molecule has 1 heterocycles. The maximum atomic E-state index is 14.1. The van der Waals surface area contributed by atoms with Crippen LogP contribution in [0.4, 0.5) is 4.39 Å². The zero-order valence-corrected chi connectivity index (χ0v) is 16.7. The Bertz CT molecular complexity index is 1140. The van der Waals surface area contributed by atoms with Gasteiger partial charge in [-0.2, -0.15) is 0 Å². The van der Waals surface area contributed by atoms with Crippen molar-refractivity contribution in [2.75, 3.05) is 0 Å². The number of phenolic OH excluding ortho intramolecular Hbond substituents is 1. The van der Waals surface area contributed by atoms with Crippen molar-refractivity contribution in [3.63, 3.8) is 0 Å². The van der Waals surface area contributed by atoms with E-state index in [-0.39, 0.29) is 17.9 Å². The molecule has 2 aromatic carbocycles. The largest absolute Gasteiger partial charge is 0.505 e. The van der Waals surface area contributed by atoms with Gasteiger partial charge in [0.1, 0.15) is 0 Å². The first-order valence-corrected chi connectivity index (χ1v) is 9.30. The van der Waals surface area contributed by atoms with Crippen LogP contribution in [-0.4, -0.2) is 20.6 Å². The summed E-state index contributed by atoms with van der Waals surface area (Å²) in [6.07, 6.45) is 1.82. The molecule has 0 spiro atoms. The maximum Gasteiger partial charge on any atom is 0.250 e. The van der Waals surface area contributed by atoms with Gasteiger partial charge in [0, 0.05) is 42.2 Å². The normalized spacial score (nSPS) is 12.8. The number of rotatable bonds is 5. The summed E-state index contributed by atoms with van der Waals surface area (Å²) in [6, 6.07) is 12.6. The molecule has 0 aliphatic rings. The van der Waals surface area contributed by atoms with Crippen LogP contribution in [0.25, 0.3) is 0 Å². The fraction of sp³-hybridized carbons (Fsp3) is 0.182. The average molecular weight is 415 g/mol. The number of hydrogen-bond donors (Lipinski definition) is 2. The highest BCUT2D eigenvalue weighted by molar-refractivity contribution is 6.30. The molecule has 1 aromatic heterocycles. The van der Waals surface area contributed by atoms with Gasteiger partial charge in [0.15, 0.2) is 11.6 Å².